The van der Waals surface area contributed by atoms with Crippen LogP contribution in [-0.4, -0.2) is 62.7 Å². The van der Waals surface area contributed by atoms with Gasteiger partial charge in [-0.1, -0.05) is 19.9 Å². The predicted octanol–water partition coefficient (Wildman–Crippen LogP) is 2.71. The molecule has 4 nitrogen and oxygen atoms in total. The van der Waals surface area contributed by atoms with E-state index in [1.54, 1.807) is 0 Å². The molecule has 0 radical (unpaired) electrons. The van der Waals surface area contributed by atoms with Crippen LogP contribution in [0.1, 0.15) is 39.5 Å². The van der Waals surface area contributed by atoms with Crippen molar-refractivity contribution in [1.29, 1.82) is 0 Å². The minimum atomic E-state index is -0.402. The molecule has 2 fully saturated rings. The Morgan fingerprint density at radius 1 is 1.38 bits per heavy atom. The number of likely N-dealkylation sites (N-methyl/N-ethyl adjacent to an activating group) is 1. The molecule has 4 rings (SSSR count). The van der Waals surface area contributed by atoms with Gasteiger partial charge in [0.1, 0.15) is 0 Å². The van der Waals surface area contributed by atoms with Crippen LogP contribution in [0.5, 0.6) is 0 Å². The number of rotatable bonds is 8. The van der Waals surface area contributed by atoms with E-state index in [-0.39, 0.29) is 0 Å². The van der Waals surface area contributed by atoms with E-state index < -0.39 is 6.10 Å². The molecule has 0 amide bonds. The van der Waals surface area contributed by atoms with Gasteiger partial charge in [0, 0.05) is 26.3 Å². The number of hydrogen-bond donors (Lipinski definition) is 1. The van der Waals surface area contributed by atoms with Crippen LogP contribution in [0.2, 0.25) is 0 Å². The Balaban J connectivity index is 1.32. The van der Waals surface area contributed by atoms with Gasteiger partial charge in [-0.25, -0.2) is 0 Å². The first-order valence-corrected chi connectivity index (χ1v) is 9.68. The molecule has 1 N–H and O–H groups in total. The smallest absolute Gasteiger partial charge is 0.0900 e. The number of allylic oxidation sites excluding steroid dienone is 1. The van der Waals surface area contributed by atoms with Crippen LogP contribution < -0.4 is 0 Å². The van der Waals surface area contributed by atoms with Gasteiger partial charge in [0.15, 0.2) is 0 Å². The summed E-state index contributed by atoms with van der Waals surface area (Å²) in [7, 11) is 2.10. The van der Waals surface area contributed by atoms with Crippen LogP contribution in [-0.2, 0) is 9.47 Å². The summed E-state index contributed by atoms with van der Waals surface area (Å²) in [6.45, 7) is 9.41. The number of hydrogen-bond acceptors (Lipinski definition) is 4. The molecule has 4 aliphatic rings. The molecule has 3 atom stereocenters. The Morgan fingerprint density at radius 3 is 2.79 bits per heavy atom. The topological polar surface area (TPSA) is 41.9 Å². The molecule has 3 unspecified atom stereocenters. The summed E-state index contributed by atoms with van der Waals surface area (Å²) < 4.78 is 11.3. The Morgan fingerprint density at radius 2 is 2.12 bits per heavy atom. The molecule has 0 aromatic carbocycles. The van der Waals surface area contributed by atoms with Crippen LogP contribution in [0.15, 0.2) is 11.6 Å². The van der Waals surface area contributed by atoms with E-state index in [0.29, 0.717) is 37.0 Å². The van der Waals surface area contributed by atoms with Crippen molar-refractivity contribution in [3.05, 3.63) is 11.6 Å². The molecule has 0 aromatic rings. The largest absolute Gasteiger partial charge is 0.389 e. The zero-order valence-corrected chi connectivity index (χ0v) is 15.7. The molecule has 4 heteroatoms. The Hall–Kier alpha value is -0.420. The standard InChI is InChI=1S/C20H35NO3/c1-20(2)17-5-4-16(19(20)10-17)13-24-14-18(22)12-21(3)11-15-6-8-23-9-7-15/h4,15,17-19,22H,5-14H2,1-3H3. The summed E-state index contributed by atoms with van der Waals surface area (Å²) in [4.78, 5) is 2.24. The van der Waals surface area contributed by atoms with Gasteiger partial charge in [0.25, 0.3) is 0 Å². The second-order valence-electron chi connectivity index (χ2n) is 8.77. The molecule has 0 spiro atoms. The lowest BCUT2D eigenvalue weighted by atomic mass is 9.49. The van der Waals surface area contributed by atoms with Gasteiger partial charge in [-0.05, 0) is 61.5 Å². The second kappa shape index (κ2) is 7.86. The minimum Gasteiger partial charge on any atom is -0.389 e. The van der Waals surface area contributed by atoms with E-state index in [0.717, 1.165) is 38.5 Å². The van der Waals surface area contributed by atoms with Crippen LogP contribution >= 0.6 is 0 Å². The van der Waals surface area contributed by atoms with E-state index in [1.165, 1.54) is 18.4 Å². The van der Waals surface area contributed by atoms with Gasteiger partial charge >= 0.3 is 0 Å². The molecule has 0 aromatic heterocycles. The first-order chi connectivity index (χ1) is 11.5. The Kier molecular flexibility index (Phi) is 6.02. The molecular formula is C20H35NO3. The second-order valence-corrected chi connectivity index (χ2v) is 8.77. The van der Waals surface area contributed by atoms with E-state index in [4.69, 9.17) is 9.47 Å². The highest BCUT2D eigenvalue weighted by Gasteiger charge is 2.50. The summed E-state index contributed by atoms with van der Waals surface area (Å²) in [5.41, 5.74) is 1.92. The molecule has 3 aliphatic carbocycles. The van der Waals surface area contributed by atoms with Gasteiger partial charge in [-0.15, -0.1) is 0 Å². The first-order valence-electron chi connectivity index (χ1n) is 9.68. The minimum absolute atomic E-state index is 0.402. The summed E-state index contributed by atoms with van der Waals surface area (Å²) in [5.74, 6) is 2.28. The summed E-state index contributed by atoms with van der Waals surface area (Å²) in [5, 5.41) is 10.2. The van der Waals surface area contributed by atoms with Crippen LogP contribution in [0.4, 0.5) is 0 Å². The molecule has 24 heavy (non-hydrogen) atoms. The van der Waals surface area contributed by atoms with E-state index in [9.17, 15) is 5.11 Å². The average molecular weight is 338 g/mol. The van der Waals surface area contributed by atoms with E-state index in [1.807, 2.05) is 0 Å². The monoisotopic (exact) mass is 337 g/mol. The van der Waals surface area contributed by atoms with Crippen molar-refractivity contribution in [3.63, 3.8) is 0 Å². The van der Waals surface area contributed by atoms with Crippen molar-refractivity contribution >= 4 is 0 Å². The van der Waals surface area contributed by atoms with Gasteiger partial charge in [0.2, 0.25) is 0 Å². The third-order valence-corrected chi connectivity index (χ3v) is 6.59. The average Bonchev–Trinajstić information content (AvgIpc) is 2.55. The van der Waals surface area contributed by atoms with Gasteiger partial charge in [0.05, 0.1) is 19.3 Å². The maximum Gasteiger partial charge on any atom is 0.0900 e. The molecule has 1 saturated carbocycles. The zero-order valence-electron chi connectivity index (χ0n) is 15.7. The first kappa shape index (κ1) is 18.4. The quantitative estimate of drug-likeness (QED) is 0.692. The third-order valence-electron chi connectivity index (χ3n) is 6.59. The third kappa shape index (κ3) is 4.21. The molecule has 2 bridgehead atoms. The molecule has 1 aliphatic heterocycles. The number of aliphatic hydroxyl groups is 1. The van der Waals surface area contributed by atoms with Gasteiger partial charge < -0.3 is 19.5 Å². The van der Waals surface area contributed by atoms with Gasteiger partial charge in [-0.3, -0.25) is 0 Å². The highest BCUT2D eigenvalue weighted by atomic mass is 16.5. The number of nitrogens with zero attached hydrogens (tertiary/aromatic N) is 1. The number of fused-ring (bicyclic) bond motifs is 1. The van der Waals surface area contributed by atoms with Crippen molar-refractivity contribution in [3.8, 4) is 0 Å². The molecular weight excluding hydrogens is 302 g/mol. The highest BCUT2D eigenvalue weighted by Crippen LogP contribution is 2.59. The summed E-state index contributed by atoms with van der Waals surface area (Å²) >= 11 is 0. The summed E-state index contributed by atoms with van der Waals surface area (Å²) in [6, 6.07) is 0. The fourth-order valence-electron chi connectivity index (χ4n) is 4.81. The fraction of sp³-hybridized carbons (Fsp3) is 0.900. The lowest BCUT2D eigenvalue weighted by Gasteiger charge is -2.56. The normalized spacial score (nSPS) is 30.8. The van der Waals surface area contributed by atoms with Crippen LogP contribution in [0.25, 0.3) is 0 Å². The molecule has 1 heterocycles. The van der Waals surface area contributed by atoms with E-state index >= 15 is 0 Å². The van der Waals surface area contributed by atoms with Crippen LogP contribution in [0, 0.1) is 23.2 Å². The summed E-state index contributed by atoms with van der Waals surface area (Å²) in [6.07, 6.45) is 6.80. The lowest BCUT2D eigenvalue weighted by Crippen LogP contribution is -2.48. The zero-order chi connectivity index (χ0) is 17.2. The van der Waals surface area contributed by atoms with Crippen molar-refractivity contribution in [2.45, 2.75) is 45.6 Å². The Bertz CT molecular complexity index is 442. The van der Waals surface area contributed by atoms with Crippen molar-refractivity contribution in [2.24, 2.45) is 23.2 Å². The van der Waals surface area contributed by atoms with Gasteiger partial charge in [-0.2, -0.15) is 0 Å². The predicted molar refractivity (Wildman–Crippen MR) is 95.9 cm³/mol. The van der Waals surface area contributed by atoms with Crippen LogP contribution in [0.3, 0.4) is 0 Å². The highest BCUT2D eigenvalue weighted by molar-refractivity contribution is 5.23. The SMILES string of the molecule is CN(CC(O)COCC1=CCC2CC1C2(C)C)CC1CCOCC1. The Labute approximate surface area is 147 Å². The number of ether oxygens (including phenoxy) is 2. The molecule has 138 valence electrons. The maximum atomic E-state index is 10.2. The molecule has 1 saturated heterocycles. The lowest BCUT2D eigenvalue weighted by molar-refractivity contribution is -0.0263. The van der Waals surface area contributed by atoms with Crippen molar-refractivity contribution in [2.75, 3.05) is 46.6 Å². The van der Waals surface area contributed by atoms with Crippen molar-refractivity contribution < 1.29 is 14.6 Å². The fourth-order valence-corrected chi connectivity index (χ4v) is 4.81. The maximum absolute atomic E-state index is 10.2. The number of aliphatic hydroxyl groups excluding tert-OH is 1. The van der Waals surface area contributed by atoms with E-state index in [2.05, 4.69) is 31.9 Å². The van der Waals surface area contributed by atoms with Crippen molar-refractivity contribution in [1.82, 2.24) is 4.90 Å².